The van der Waals surface area contributed by atoms with E-state index in [1.807, 2.05) is 6.07 Å². The molecule has 0 fully saturated rings. The average Bonchev–Trinajstić information content (AvgIpc) is 2.36. The smallest absolute Gasteiger partial charge is 0.270 e. The molecule has 19 heavy (non-hydrogen) atoms. The maximum absolute atomic E-state index is 11.7. The molecule has 0 unspecified atom stereocenters. The lowest BCUT2D eigenvalue weighted by molar-refractivity contribution is -0.114. The van der Waals surface area contributed by atoms with Crippen LogP contribution in [-0.4, -0.2) is 15.9 Å². The Bertz CT molecular complexity index is 655. The third-order valence-corrected chi connectivity index (χ3v) is 2.78. The molecule has 2 aromatic rings. The summed E-state index contributed by atoms with van der Waals surface area (Å²) >= 11 is 3.09. The molecule has 0 bridgehead atoms. The predicted octanol–water partition coefficient (Wildman–Crippen LogP) is 2.28. The van der Waals surface area contributed by atoms with Gasteiger partial charge in [-0.2, -0.15) is 4.98 Å². The number of aromatic nitrogens is 2. The highest BCUT2D eigenvalue weighted by Crippen LogP contribution is 2.25. The number of hydrogen-bond acceptors (Lipinski definition) is 4. The maximum Gasteiger partial charge on any atom is 0.270 e. The summed E-state index contributed by atoms with van der Waals surface area (Å²) in [6.07, 6.45) is 0. The molecule has 2 N–H and O–H groups in total. The van der Waals surface area contributed by atoms with Crippen molar-refractivity contribution in [3.8, 4) is 11.6 Å². The van der Waals surface area contributed by atoms with Crippen molar-refractivity contribution in [3.05, 3.63) is 45.2 Å². The van der Waals surface area contributed by atoms with Crippen molar-refractivity contribution in [2.45, 2.75) is 6.92 Å². The van der Waals surface area contributed by atoms with Crippen molar-refractivity contribution in [2.24, 2.45) is 0 Å². The van der Waals surface area contributed by atoms with Gasteiger partial charge in [0.1, 0.15) is 10.2 Å². The molecule has 0 spiro atoms. The van der Waals surface area contributed by atoms with Crippen LogP contribution >= 0.6 is 15.9 Å². The number of anilines is 1. The summed E-state index contributed by atoms with van der Waals surface area (Å²) < 4.78 is 5.64. The van der Waals surface area contributed by atoms with E-state index in [0.717, 1.165) is 0 Å². The fraction of sp³-hybridized carbons (Fsp3) is 0.0833. The Morgan fingerprint density at radius 1 is 1.37 bits per heavy atom. The number of benzene rings is 1. The van der Waals surface area contributed by atoms with E-state index in [1.54, 1.807) is 24.3 Å². The Labute approximate surface area is 117 Å². The Kier molecular flexibility index (Phi) is 3.96. The molecular weight excluding hydrogens is 314 g/mol. The van der Waals surface area contributed by atoms with Crippen molar-refractivity contribution < 1.29 is 9.53 Å². The van der Waals surface area contributed by atoms with Gasteiger partial charge in [0.25, 0.3) is 5.56 Å². The van der Waals surface area contributed by atoms with Crippen LogP contribution in [-0.2, 0) is 4.79 Å². The number of halogens is 1. The normalized spacial score (nSPS) is 10.0. The van der Waals surface area contributed by atoms with Crippen molar-refractivity contribution in [1.29, 1.82) is 0 Å². The molecule has 0 saturated carbocycles. The van der Waals surface area contributed by atoms with Gasteiger partial charge >= 0.3 is 0 Å². The van der Waals surface area contributed by atoms with Gasteiger partial charge in [-0.15, -0.1) is 0 Å². The first-order valence-electron chi connectivity index (χ1n) is 5.36. The molecule has 6 nitrogen and oxygen atoms in total. The Balaban J connectivity index is 2.36. The van der Waals surface area contributed by atoms with E-state index in [0.29, 0.717) is 5.75 Å². The van der Waals surface area contributed by atoms with Crippen LogP contribution in [0.4, 0.5) is 5.95 Å². The van der Waals surface area contributed by atoms with Crippen LogP contribution in [0, 0.1) is 0 Å². The zero-order chi connectivity index (χ0) is 13.8. The third kappa shape index (κ3) is 3.41. The van der Waals surface area contributed by atoms with Crippen LogP contribution in [0.25, 0.3) is 0 Å². The molecule has 0 aliphatic carbocycles. The Hall–Kier alpha value is -2.15. The summed E-state index contributed by atoms with van der Waals surface area (Å²) in [7, 11) is 0. The second-order valence-corrected chi connectivity index (χ2v) is 4.42. The standard InChI is InChI=1S/C12H10BrN3O3/c1-7(17)14-12-15-10(18)9(13)11(16-12)19-8-5-3-2-4-6-8/h2-6H,1H3,(H2,14,15,16,17,18). The summed E-state index contributed by atoms with van der Waals surface area (Å²) in [5.74, 6) is 0.316. The number of nitrogens with zero attached hydrogens (tertiary/aromatic N) is 1. The molecule has 1 aromatic carbocycles. The van der Waals surface area contributed by atoms with Crippen molar-refractivity contribution in [2.75, 3.05) is 5.32 Å². The van der Waals surface area contributed by atoms with Gasteiger partial charge in [0.05, 0.1) is 0 Å². The lowest BCUT2D eigenvalue weighted by Crippen LogP contribution is -2.17. The predicted molar refractivity (Wildman–Crippen MR) is 73.4 cm³/mol. The second-order valence-electron chi connectivity index (χ2n) is 3.63. The summed E-state index contributed by atoms with van der Waals surface area (Å²) in [5.41, 5.74) is -0.440. The summed E-state index contributed by atoms with van der Waals surface area (Å²) in [5, 5.41) is 2.39. The summed E-state index contributed by atoms with van der Waals surface area (Å²) in [6, 6.07) is 8.90. The quantitative estimate of drug-likeness (QED) is 0.907. The van der Waals surface area contributed by atoms with Crippen LogP contribution in [0.15, 0.2) is 39.6 Å². The van der Waals surface area contributed by atoms with Crippen LogP contribution in [0.3, 0.4) is 0 Å². The number of nitrogens with one attached hydrogen (secondary N) is 2. The number of aromatic amines is 1. The monoisotopic (exact) mass is 323 g/mol. The molecular formula is C12H10BrN3O3. The van der Waals surface area contributed by atoms with Gasteiger partial charge in [-0.05, 0) is 28.1 Å². The number of rotatable bonds is 3. The first-order chi connectivity index (χ1) is 9.06. The fourth-order valence-electron chi connectivity index (χ4n) is 1.33. The van der Waals surface area contributed by atoms with Gasteiger partial charge in [0, 0.05) is 6.92 Å². The number of carbonyl (C=O) groups excluding carboxylic acids is 1. The molecule has 0 radical (unpaired) electrons. The number of H-pyrrole nitrogens is 1. The number of carbonyl (C=O) groups is 1. The number of hydrogen-bond donors (Lipinski definition) is 2. The number of amides is 1. The molecule has 7 heteroatoms. The van der Waals surface area contributed by atoms with Crippen LogP contribution in [0.2, 0.25) is 0 Å². The van der Waals surface area contributed by atoms with E-state index in [1.165, 1.54) is 6.92 Å². The van der Waals surface area contributed by atoms with Gasteiger partial charge in [-0.1, -0.05) is 18.2 Å². The van der Waals surface area contributed by atoms with Crippen molar-refractivity contribution in [3.63, 3.8) is 0 Å². The summed E-state index contributed by atoms with van der Waals surface area (Å²) in [4.78, 5) is 29.0. The molecule has 0 aliphatic rings. The zero-order valence-corrected chi connectivity index (χ0v) is 11.5. The van der Waals surface area contributed by atoms with Gasteiger partial charge in [0.15, 0.2) is 0 Å². The molecule has 2 rings (SSSR count). The second kappa shape index (κ2) is 5.66. The lowest BCUT2D eigenvalue weighted by atomic mass is 10.3. The third-order valence-electron chi connectivity index (χ3n) is 2.08. The highest BCUT2D eigenvalue weighted by molar-refractivity contribution is 9.10. The van der Waals surface area contributed by atoms with E-state index in [2.05, 4.69) is 31.2 Å². The molecule has 1 heterocycles. The highest BCUT2D eigenvalue weighted by atomic mass is 79.9. The average molecular weight is 324 g/mol. The van der Waals surface area contributed by atoms with E-state index in [-0.39, 0.29) is 22.2 Å². The molecule has 1 amide bonds. The Morgan fingerprint density at radius 3 is 2.68 bits per heavy atom. The summed E-state index contributed by atoms with van der Waals surface area (Å²) in [6.45, 7) is 1.32. The fourth-order valence-corrected chi connectivity index (χ4v) is 1.60. The minimum absolute atomic E-state index is 0.0339. The van der Waals surface area contributed by atoms with E-state index in [9.17, 15) is 9.59 Å². The van der Waals surface area contributed by atoms with Gasteiger partial charge in [-0.3, -0.25) is 19.9 Å². The highest BCUT2D eigenvalue weighted by Gasteiger charge is 2.11. The molecule has 0 atom stereocenters. The zero-order valence-electron chi connectivity index (χ0n) is 9.94. The molecule has 0 aliphatic heterocycles. The van der Waals surface area contributed by atoms with Crippen LogP contribution in [0.1, 0.15) is 6.92 Å². The van der Waals surface area contributed by atoms with Crippen LogP contribution in [0.5, 0.6) is 11.6 Å². The van der Waals surface area contributed by atoms with E-state index >= 15 is 0 Å². The first kappa shape index (κ1) is 13.3. The molecule has 1 aromatic heterocycles. The SMILES string of the molecule is CC(=O)Nc1nc(Oc2ccccc2)c(Br)c(=O)[nH]1. The topological polar surface area (TPSA) is 84.1 Å². The van der Waals surface area contributed by atoms with E-state index in [4.69, 9.17) is 4.74 Å². The number of ether oxygens (including phenoxy) is 1. The minimum Gasteiger partial charge on any atom is -0.438 e. The number of para-hydroxylation sites is 1. The molecule has 0 saturated heterocycles. The molecule has 98 valence electrons. The van der Waals surface area contributed by atoms with Crippen molar-refractivity contribution >= 4 is 27.8 Å². The van der Waals surface area contributed by atoms with Gasteiger partial charge in [-0.25, -0.2) is 0 Å². The van der Waals surface area contributed by atoms with Crippen LogP contribution < -0.4 is 15.6 Å². The minimum atomic E-state index is -0.440. The largest absolute Gasteiger partial charge is 0.438 e. The van der Waals surface area contributed by atoms with E-state index < -0.39 is 5.56 Å². The van der Waals surface area contributed by atoms with Crippen molar-refractivity contribution in [1.82, 2.24) is 9.97 Å². The maximum atomic E-state index is 11.7. The first-order valence-corrected chi connectivity index (χ1v) is 6.16. The van der Waals surface area contributed by atoms with Gasteiger partial charge in [0.2, 0.25) is 17.7 Å². The lowest BCUT2D eigenvalue weighted by Gasteiger charge is -2.08. The Morgan fingerprint density at radius 2 is 2.05 bits per heavy atom. The van der Waals surface area contributed by atoms with Gasteiger partial charge < -0.3 is 4.74 Å².